The largest absolute Gasteiger partial charge is 0.309 e. The minimum absolute atomic E-state index is 0.207. The fourth-order valence-corrected chi connectivity index (χ4v) is 1.24. The van der Waals surface area contributed by atoms with Crippen LogP contribution >= 0.6 is 15.9 Å². The third-order valence-corrected chi connectivity index (χ3v) is 2.23. The van der Waals surface area contributed by atoms with E-state index in [9.17, 15) is 4.39 Å². The molecule has 0 aliphatic carbocycles. The van der Waals surface area contributed by atoms with E-state index in [1.165, 1.54) is 6.07 Å². The smallest absolute Gasteiger partial charge is 0.246 e. The molecule has 0 saturated carbocycles. The molecule has 0 bridgehead atoms. The van der Waals surface area contributed by atoms with Gasteiger partial charge in [0.1, 0.15) is 5.82 Å². The van der Waals surface area contributed by atoms with Gasteiger partial charge in [-0.15, -0.1) is 0 Å². The molecular formula is C9H7BrFN. The van der Waals surface area contributed by atoms with Crippen molar-refractivity contribution >= 4 is 15.9 Å². The lowest BCUT2D eigenvalue weighted by atomic mass is 10.1. The number of benzene rings is 1. The van der Waals surface area contributed by atoms with E-state index in [2.05, 4.69) is 20.8 Å². The number of hydrogen-bond acceptors (Lipinski definition) is 0. The fraction of sp³-hybridized carbons (Fsp3) is 0.222. The second-order valence-electron chi connectivity index (χ2n) is 2.48. The van der Waals surface area contributed by atoms with Gasteiger partial charge >= 0.3 is 0 Å². The van der Waals surface area contributed by atoms with Crippen molar-refractivity contribution in [2.45, 2.75) is 13.0 Å². The molecule has 12 heavy (non-hydrogen) atoms. The van der Waals surface area contributed by atoms with Crippen LogP contribution in [0.1, 0.15) is 18.5 Å². The molecule has 3 heteroatoms. The van der Waals surface area contributed by atoms with Gasteiger partial charge in [0.15, 0.2) is 0 Å². The normalized spacial score (nSPS) is 12.2. The molecule has 1 aromatic carbocycles. The standard InChI is InChI=1S/C9H7BrFN/c1-6(12-2)7-3-4-9(11)8(10)5-7/h3-6H,1H3. The highest BCUT2D eigenvalue weighted by atomic mass is 79.9. The molecule has 1 atom stereocenters. The van der Waals surface area contributed by atoms with Gasteiger partial charge in [0, 0.05) is 12.5 Å². The second kappa shape index (κ2) is 3.68. The SMILES string of the molecule is [C-]#[N+]C(C)c1ccc(F)c(Br)c1. The highest BCUT2D eigenvalue weighted by Crippen LogP contribution is 2.22. The van der Waals surface area contributed by atoms with Gasteiger partial charge in [0.2, 0.25) is 6.04 Å². The van der Waals surface area contributed by atoms with Gasteiger partial charge in [0.05, 0.1) is 4.47 Å². The van der Waals surface area contributed by atoms with E-state index in [4.69, 9.17) is 6.57 Å². The van der Waals surface area contributed by atoms with Gasteiger partial charge < -0.3 is 4.85 Å². The number of hydrogen-bond donors (Lipinski definition) is 0. The minimum Gasteiger partial charge on any atom is -0.309 e. The average Bonchev–Trinajstić information content (AvgIpc) is 2.08. The Hall–Kier alpha value is -0.880. The molecule has 0 amide bonds. The molecular weight excluding hydrogens is 221 g/mol. The van der Waals surface area contributed by atoms with Gasteiger partial charge in [-0.25, -0.2) is 11.0 Å². The van der Waals surface area contributed by atoms with Crippen molar-refractivity contribution in [2.75, 3.05) is 0 Å². The maximum Gasteiger partial charge on any atom is 0.246 e. The Morgan fingerprint density at radius 3 is 2.75 bits per heavy atom. The zero-order valence-corrected chi connectivity index (χ0v) is 8.10. The minimum atomic E-state index is -0.295. The number of rotatable bonds is 1. The summed E-state index contributed by atoms with van der Waals surface area (Å²) in [6.07, 6.45) is 0. The molecule has 0 fully saturated rings. The molecule has 0 heterocycles. The summed E-state index contributed by atoms with van der Waals surface area (Å²) in [6.45, 7) is 8.57. The predicted octanol–water partition coefficient (Wildman–Crippen LogP) is 3.57. The first-order valence-corrected chi connectivity index (χ1v) is 4.26. The summed E-state index contributed by atoms with van der Waals surface area (Å²) >= 11 is 3.07. The van der Waals surface area contributed by atoms with Crippen LogP contribution in [0.15, 0.2) is 22.7 Å². The molecule has 1 nitrogen and oxygen atoms in total. The summed E-state index contributed by atoms with van der Waals surface area (Å²) in [7, 11) is 0. The summed E-state index contributed by atoms with van der Waals surface area (Å²) in [5.74, 6) is -0.295. The first-order chi connectivity index (χ1) is 5.65. The fourth-order valence-electron chi connectivity index (χ4n) is 0.847. The summed E-state index contributed by atoms with van der Waals surface area (Å²) in [6, 6.07) is 4.42. The summed E-state index contributed by atoms with van der Waals surface area (Å²) in [5, 5.41) is 0. The van der Waals surface area contributed by atoms with Crippen LogP contribution in [0.4, 0.5) is 4.39 Å². The molecule has 0 aliphatic rings. The third kappa shape index (κ3) is 1.83. The molecule has 0 aliphatic heterocycles. The molecule has 0 aromatic heterocycles. The van der Waals surface area contributed by atoms with E-state index < -0.39 is 0 Å². The lowest BCUT2D eigenvalue weighted by molar-refractivity contribution is 0.620. The maximum atomic E-state index is 12.7. The molecule has 0 radical (unpaired) electrons. The predicted molar refractivity (Wildman–Crippen MR) is 49.1 cm³/mol. The molecule has 0 N–H and O–H groups in total. The zero-order valence-electron chi connectivity index (χ0n) is 6.51. The monoisotopic (exact) mass is 227 g/mol. The van der Waals surface area contributed by atoms with Crippen molar-refractivity contribution in [1.82, 2.24) is 0 Å². The van der Waals surface area contributed by atoms with Crippen LogP contribution in [0, 0.1) is 12.4 Å². The van der Waals surface area contributed by atoms with Gasteiger partial charge in [-0.3, -0.25) is 0 Å². The molecule has 0 saturated heterocycles. The Balaban J connectivity index is 3.06. The van der Waals surface area contributed by atoms with Crippen LogP contribution in [0.5, 0.6) is 0 Å². The van der Waals surface area contributed by atoms with Crippen LogP contribution < -0.4 is 0 Å². The lowest BCUT2D eigenvalue weighted by Gasteiger charge is -2.00. The van der Waals surface area contributed by atoms with Crippen molar-refractivity contribution in [3.8, 4) is 0 Å². The van der Waals surface area contributed by atoms with E-state index in [0.29, 0.717) is 4.47 Å². The van der Waals surface area contributed by atoms with Crippen molar-refractivity contribution in [3.05, 3.63) is 45.5 Å². The number of nitrogens with zero attached hydrogens (tertiary/aromatic N) is 1. The molecule has 1 aromatic rings. The molecule has 62 valence electrons. The summed E-state index contributed by atoms with van der Waals surface area (Å²) in [5.41, 5.74) is 0.832. The first-order valence-electron chi connectivity index (χ1n) is 3.46. The lowest BCUT2D eigenvalue weighted by Crippen LogP contribution is -1.88. The highest BCUT2D eigenvalue weighted by molar-refractivity contribution is 9.10. The Morgan fingerprint density at radius 1 is 1.58 bits per heavy atom. The molecule has 1 unspecified atom stereocenters. The van der Waals surface area contributed by atoms with Crippen molar-refractivity contribution in [3.63, 3.8) is 0 Å². The van der Waals surface area contributed by atoms with Crippen LogP contribution in [0.25, 0.3) is 4.85 Å². The van der Waals surface area contributed by atoms with Crippen LogP contribution in [-0.2, 0) is 0 Å². The topological polar surface area (TPSA) is 4.36 Å². The van der Waals surface area contributed by atoms with Crippen molar-refractivity contribution in [2.24, 2.45) is 0 Å². The Labute approximate surface area is 79.2 Å². The van der Waals surface area contributed by atoms with E-state index in [0.717, 1.165) is 5.56 Å². The highest BCUT2D eigenvalue weighted by Gasteiger charge is 2.09. The maximum absolute atomic E-state index is 12.7. The third-order valence-electron chi connectivity index (χ3n) is 1.62. The van der Waals surface area contributed by atoms with Crippen LogP contribution in [0.3, 0.4) is 0 Å². The van der Waals surface area contributed by atoms with Gasteiger partial charge in [0.25, 0.3) is 0 Å². The summed E-state index contributed by atoms with van der Waals surface area (Å²) in [4.78, 5) is 3.34. The van der Waals surface area contributed by atoms with Gasteiger partial charge in [-0.1, -0.05) is 0 Å². The quantitative estimate of drug-likeness (QED) is 0.647. The van der Waals surface area contributed by atoms with Crippen molar-refractivity contribution in [1.29, 1.82) is 0 Å². The first kappa shape index (κ1) is 9.21. The van der Waals surface area contributed by atoms with E-state index in [1.54, 1.807) is 19.1 Å². The Bertz CT molecular complexity index is 330. The van der Waals surface area contributed by atoms with Crippen LogP contribution in [0.2, 0.25) is 0 Å². The average molecular weight is 228 g/mol. The molecule has 1 rings (SSSR count). The van der Waals surface area contributed by atoms with Crippen LogP contribution in [-0.4, -0.2) is 0 Å². The number of halogens is 2. The van der Waals surface area contributed by atoms with E-state index in [-0.39, 0.29) is 11.9 Å². The zero-order chi connectivity index (χ0) is 9.14. The Morgan fingerprint density at radius 2 is 2.25 bits per heavy atom. The Kier molecular flexibility index (Phi) is 2.83. The second-order valence-corrected chi connectivity index (χ2v) is 3.33. The van der Waals surface area contributed by atoms with E-state index in [1.807, 2.05) is 0 Å². The molecule has 0 spiro atoms. The summed E-state index contributed by atoms with van der Waals surface area (Å²) < 4.78 is 13.2. The van der Waals surface area contributed by atoms with Gasteiger partial charge in [-0.2, -0.15) is 0 Å². The van der Waals surface area contributed by atoms with Gasteiger partial charge in [-0.05, 0) is 34.1 Å². The van der Waals surface area contributed by atoms with E-state index >= 15 is 0 Å². The van der Waals surface area contributed by atoms with Crippen molar-refractivity contribution < 1.29 is 4.39 Å².